The molecule has 0 radical (unpaired) electrons. The van der Waals surface area contributed by atoms with Crippen molar-refractivity contribution in [3.05, 3.63) is 45.7 Å². The van der Waals surface area contributed by atoms with Crippen molar-refractivity contribution in [3.63, 3.8) is 0 Å². The molecule has 6 heteroatoms. The molecular formula is C20H27FN2O2S. The Kier molecular flexibility index (Phi) is 6.27. The molecule has 3 rings (SSSR count). The number of aromatic nitrogens is 1. The Morgan fingerprint density at radius 2 is 2.04 bits per heavy atom. The van der Waals surface area contributed by atoms with Crippen molar-refractivity contribution >= 4 is 11.3 Å². The maximum Gasteiger partial charge on any atom is 0.125 e. The average Bonchev–Trinajstić information content (AvgIpc) is 2.89. The first-order valence-corrected chi connectivity index (χ1v) is 10.1. The number of rotatable bonds is 6. The molecular weight excluding hydrogens is 351 g/mol. The van der Waals surface area contributed by atoms with Gasteiger partial charge in [0.15, 0.2) is 0 Å². The van der Waals surface area contributed by atoms with Gasteiger partial charge in [-0.25, -0.2) is 9.37 Å². The minimum absolute atomic E-state index is 0.265. The molecule has 1 aromatic heterocycles. The number of hydrogen-bond donors (Lipinski definition) is 1. The molecule has 0 saturated carbocycles. The van der Waals surface area contributed by atoms with E-state index < -0.39 is 5.60 Å². The average molecular weight is 379 g/mol. The van der Waals surface area contributed by atoms with Crippen LogP contribution in [0, 0.1) is 12.7 Å². The van der Waals surface area contributed by atoms with E-state index in [1.807, 2.05) is 6.92 Å². The predicted molar refractivity (Wildman–Crippen MR) is 102 cm³/mol. The highest BCUT2D eigenvalue weighted by molar-refractivity contribution is 7.11. The Balaban J connectivity index is 1.62. The van der Waals surface area contributed by atoms with Crippen molar-refractivity contribution < 1.29 is 14.2 Å². The van der Waals surface area contributed by atoms with Crippen molar-refractivity contribution in [2.45, 2.75) is 45.1 Å². The zero-order chi connectivity index (χ0) is 18.6. The molecule has 1 aliphatic rings. The molecule has 0 bridgehead atoms. The van der Waals surface area contributed by atoms with E-state index in [4.69, 9.17) is 4.74 Å². The second kappa shape index (κ2) is 8.46. The summed E-state index contributed by atoms with van der Waals surface area (Å²) in [6.07, 6.45) is 3.23. The van der Waals surface area contributed by atoms with Crippen molar-refractivity contribution in [1.29, 1.82) is 0 Å². The van der Waals surface area contributed by atoms with Gasteiger partial charge in [-0.2, -0.15) is 0 Å². The molecule has 1 atom stereocenters. The molecule has 0 aliphatic carbocycles. The van der Waals surface area contributed by atoms with Crippen molar-refractivity contribution in [2.24, 2.45) is 0 Å². The summed E-state index contributed by atoms with van der Waals surface area (Å²) in [6.45, 7) is 7.65. The maximum absolute atomic E-state index is 12.9. The summed E-state index contributed by atoms with van der Waals surface area (Å²) in [6, 6.07) is 6.06. The molecule has 1 aromatic carbocycles. The van der Waals surface area contributed by atoms with Gasteiger partial charge in [-0.15, -0.1) is 11.3 Å². The van der Waals surface area contributed by atoms with Crippen molar-refractivity contribution in [2.75, 3.05) is 26.2 Å². The molecule has 142 valence electrons. The summed E-state index contributed by atoms with van der Waals surface area (Å²) >= 11 is 1.60. The van der Waals surface area contributed by atoms with Gasteiger partial charge in [0.05, 0.1) is 12.3 Å². The Labute approximate surface area is 158 Å². The fourth-order valence-corrected chi connectivity index (χ4v) is 4.55. The second-order valence-electron chi connectivity index (χ2n) is 6.90. The van der Waals surface area contributed by atoms with E-state index in [-0.39, 0.29) is 5.82 Å². The summed E-state index contributed by atoms with van der Waals surface area (Å²) in [5, 5.41) is 12.0. The smallest absolute Gasteiger partial charge is 0.125 e. The van der Waals surface area contributed by atoms with Crippen LogP contribution in [0.5, 0.6) is 5.75 Å². The van der Waals surface area contributed by atoms with Crippen molar-refractivity contribution in [1.82, 2.24) is 9.88 Å². The molecule has 1 N–H and O–H groups in total. The number of thiazole rings is 1. The molecule has 4 nitrogen and oxygen atoms in total. The first-order valence-electron chi connectivity index (χ1n) is 9.30. The minimum Gasteiger partial charge on any atom is -0.493 e. The van der Waals surface area contributed by atoms with Crippen LogP contribution in [0.2, 0.25) is 0 Å². The summed E-state index contributed by atoms with van der Waals surface area (Å²) in [4.78, 5) is 8.21. The number of hydrogen-bond acceptors (Lipinski definition) is 5. The predicted octanol–water partition coefficient (Wildman–Crippen LogP) is 3.91. The number of halogens is 1. The van der Waals surface area contributed by atoms with Crippen LogP contribution >= 0.6 is 11.3 Å². The van der Waals surface area contributed by atoms with Crippen LogP contribution in [0.15, 0.2) is 24.3 Å². The van der Waals surface area contributed by atoms with Crippen molar-refractivity contribution in [3.8, 4) is 5.75 Å². The van der Waals surface area contributed by atoms with Crippen LogP contribution in [-0.4, -0.2) is 41.2 Å². The van der Waals surface area contributed by atoms with Crippen LogP contribution in [0.3, 0.4) is 0 Å². The second-order valence-corrected chi connectivity index (χ2v) is 7.98. The topological polar surface area (TPSA) is 45.6 Å². The minimum atomic E-state index is -0.810. The number of likely N-dealkylation sites (tertiary alicyclic amines) is 1. The first-order chi connectivity index (χ1) is 12.5. The first kappa shape index (κ1) is 19.3. The third-order valence-corrected chi connectivity index (χ3v) is 6.47. The van der Waals surface area contributed by atoms with E-state index in [2.05, 4.69) is 16.8 Å². The largest absolute Gasteiger partial charge is 0.493 e. The number of aliphatic hydroxyl groups is 1. The lowest BCUT2D eigenvalue weighted by Crippen LogP contribution is -2.29. The van der Waals surface area contributed by atoms with E-state index in [1.165, 1.54) is 12.1 Å². The summed E-state index contributed by atoms with van der Waals surface area (Å²) < 4.78 is 18.6. The van der Waals surface area contributed by atoms with E-state index >= 15 is 0 Å². The van der Waals surface area contributed by atoms with E-state index in [0.29, 0.717) is 12.4 Å². The highest BCUT2D eigenvalue weighted by atomic mass is 32.1. The third kappa shape index (κ3) is 4.61. The highest BCUT2D eigenvalue weighted by Gasteiger charge is 2.35. The molecule has 0 amide bonds. The fourth-order valence-electron chi connectivity index (χ4n) is 3.36. The molecule has 0 unspecified atom stereocenters. The van der Waals surface area contributed by atoms with Crippen LogP contribution in [0.25, 0.3) is 0 Å². The molecule has 0 spiro atoms. The SMILES string of the molecule is CCN1CCC[C@](O)(c2nc(C)c(CCOc3ccc(F)cc3)s2)CC1. The van der Waals surface area contributed by atoms with Gasteiger partial charge in [-0.3, -0.25) is 0 Å². The lowest BCUT2D eigenvalue weighted by Gasteiger charge is -2.24. The Morgan fingerprint density at radius 1 is 1.27 bits per heavy atom. The van der Waals surface area contributed by atoms with E-state index in [1.54, 1.807) is 23.5 Å². The number of nitrogens with zero attached hydrogens (tertiary/aromatic N) is 2. The summed E-state index contributed by atoms with van der Waals surface area (Å²) in [5.41, 5.74) is 0.160. The van der Waals surface area contributed by atoms with Gasteiger partial charge in [0, 0.05) is 17.8 Å². The Morgan fingerprint density at radius 3 is 2.77 bits per heavy atom. The van der Waals surface area contributed by atoms with E-state index in [0.717, 1.165) is 60.9 Å². The molecule has 2 aromatic rings. The molecule has 1 fully saturated rings. The maximum atomic E-state index is 12.9. The van der Waals surface area contributed by atoms with Gasteiger partial charge < -0.3 is 14.7 Å². The zero-order valence-corrected chi connectivity index (χ0v) is 16.3. The standard InChI is InChI=1S/C20H27FN2O2S/c1-3-23-12-4-10-20(24,11-13-23)19-22-15(2)18(26-19)9-14-25-17-7-5-16(21)6-8-17/h5-8,24H,3-4,9-14H2,1-2H3/t20-/m1/s1. The number of aryl methyl sites for hydroxylation is 1. The van der Waals surface area contributed by atoms with Gasteiger partial charge >= 0.3 is 0 Å². The van der Waals surface area contributed by atoms with Gasteiger partial charge in [0.2, 0.25) is 0 Å². The fraction of sp³-hybridized carbons (Fsp3) is 0.550. The van der Waals surface area contributed by atoms with Gasteiger partial charge in [-0.05, 0) is 63.5 Å². The summed E-state index contributed by atoms with van der Waals surface area (Å²) in [7, 11) is 0. The normalized spacial score (nSPS) is 21.5. The quantitative estimate of drug-likeness (QED) is 0.828. The van der Waals surface area contributed by atoms with E-state index in [9.17, 15) is 9.50 Å². The highest BCUT2D eigenvalue weighted by Crippen LogP contribution is 2.36. The van der Waals surface area contributed by atoms with Crippen LogP contribution < -0.4 is 4.74 Å². The molecule has 2 heterocycles. The summed E-state index contributed by atoms with van der Waals surface area (Å²) in [5.74, 6) is 0.398. The van der Waals surface area contributed by atoms with Crippen LogP contribution in [0.4, 0.5) is 4.39 Å². The van der Waals surface area contributed by atoms with Gasteiger partial charge in [-0.1, -0.05) is 6.92 Å². The lowest BCUT2D eigenvalue weighted by atomic mass is 9.96. The molecule has 26 heavy (non-hydrogen) atoms. The van der Waals surface area contributed by atoms with Gasteiger partial charge in [0.1, 0.15) is 22.2 Å². The molecule has 1 saturated heterocycles. The zero-order valence-electron chi connectivity index (χ0n) is 15.5. The third-order valence-electron chi connectivity index (χ3n) is 5.06. The Hall–Kier alpha value is -1.50. The Bertz CT molecular complexity index is 719. The number of benzene rings is 1. The van der Waals surface area contributed by atoms with Crippen LogP contribution in [-0.2, 0) is 12.0 Å². The van der Waals surface area contributed by atoms with Gasteiger partial charge in [0.25, 0.3) is 0 Å². The molecule has 1 aliphatic heterocycles. The number of ether oxygens (including phenoxy) is 1. The lowest BCUT2D eigenvalue weighted by molar-refractivity contribution is 0.0210. The van der Waals surface area contributed by atoms with Crippen LogP contribution in [0.1, 0.15) is 41.8 Å². The monoisotopic (exact) mass is 378 g/mol.